The molecule has 0 saturated carbocycles. The summed E-state index contributed by atoms with van der Waals surface area (Å²) in [6, 6.07) is 14.3. The van der Waals surface area contributed by atoms with Gasteiger partial charge in [0, 0.05) is 55.0 Å². The normalized spacial score (nSPS) is 18.3. The maximum atomic E-state index is 11.6. The van der Waals surface area contributed by atoms with Crippen molar-refractivity contribution in [2.24, 2.45) is 0 Å². The highest BCUT2D eigenvalue weighted by Gasteiger charge is 2.21. The van der Waals surface area contributed by atoms with Gasteiger partial charge in [-0.1, -0.05) is 28.1 Å². The molecule has 2 aliphatic heterocycles. The monoisotopic (exact) mass is 429 g/mol. The summed E-state index contributed by atoms with van der Waals surface area (Å²) in [5.74, 6) is 0.000688. The summed E-state index contributed by atoms with van der Waals surface area (Å²) in [6.07, 6.45) is 0.223. The van der Waals surface area contributed by atoms with E-state index in [1.807, 2.05) is 18.2 Å². The number of nitrogens with zero attached hydrogens (tertiary/aromatic N) is 2. The fourth-order valence-corrected chi connectivity index (χ4v) is 4.15. The van der Waals surface area contributed by atoms with Crippen LogP contribution < -0.4 is 10.2 Å². The van der Waals surface area contributed by atoms with Crippen molar-refractivity contribution < 1.29 is 9.90 Å². The zero-order valence-corrected chi connectivity index (χ0v) is 16.8. The zero-order chi connectivity index (χ0) is 18.8. The molecule has 5 nitrogen and oxygen atoms in total. The van der Waals surface area contributed by atoms with Crippen molar-refractivity contribution in [2.45, 2.75) is 19.1 Å². The Kier molecular flexibility index (Phi) is 5.48. The molecule has 0 radical (unpaired) electrons. The highest BCUT2D eigenvalue weighted by atomic mass is 79.9. The topological polar surface area (TPSA) is 55.8 Å². The highest BCUT2D eigenvalue weighted by molar-refractivity contribution is 9.10. The second-order valence-corrected chi connectivity index (χ2v) is 8.21. The van der Waals surface area contributed by atoms with Crippen LogP contribution in [-0.4, -0.2) is 54.7 Å². The second kappa shape index (κ2) is 8.00. The minimum atomic E-state index is -0.396. The Labute approximate surface area is 168 Å². The van der Waals surface area contributed by atoms with Crippen LogP contribution in [0, 0.1) is 0 Å². The van der Waals surface area contributed by atoms with E-state index in [1.165, 1.54) is 5.69 Å². The third-order valence-electron chi connectivity index (χ3n) is 5.36. The Hall–Kier alpha value is -1.89. The van der Waals surface area contributed by atoms with Gasteiger partial charge in [0.15, 0.2) is 0 Å². The van der Waals surface area contributed by atoms with E-state index >= 15 is 0 Å². The number of nitrogens with one attached hydrogen (secondary N) is 1. The lowest BCUT2D eigenvalue weighted by molar-refractivity contribution is 0.0965. The van der Waals surface area contributed by atoms with Gasteiger partial charge in [0.25, 0.3) is 5.91 Å². The number of halogens is 1. The van der Waals surface area contributed by atoms with Crippen LogP contribution in [0.25, 0.3) is 0 Å². The molecule has 6 heteroatoms. The van der Waals surface area contributed by atoms with E-state index in [-0.39, 0.29) is 5.91 Å². The van der Waals surface area contributed by atoms with Gasteiger partial charge in [0.1, 0.15) is 0 Å². The van der Waals surface area contributed by atoms with Crippen molar-refractivity contribution in [1.29, 1.82) is 0 Å². The molecule has 1 fully saturated rings. The number of fused-ring (bicyclic) bond motifs is 1. The third kappa shape index (κ3) is 4.34. The lowest BCUT2D eigenvalue weighted by Crippen LogP contribution is -2.48. The van der Waals surface area contributed by atoms with Crippen LogP contribution in [0.5, 0.6) is 0 Å². The zero-order valence-electron chi connectivity index (χ0n) is 15.2. The minimum absolute atomic E-state index is 0.000688. The van der Waals surface area contributed by atoms with Gasteiger partial charge in [0.05, 0.1) is 6.10 Å². The van der Waals surface area contributed by atoms with Crippen molar-refractivity contribution in [2.75, 3.05) is 37.6 Å². The first-order valence-corrected chi connectivity index (χ1v) is 10.2. The number of carbonyl (C=O) groups excluding carboxylic acids is 1. The molecular weight excluding hydrogens is 406 g/mol. The molecular formula is C21H24BrN3O2. The molecule has 4 rings (SSSR count). The van der Waals surface area contributed by atoms with Gasteiger partial charge in [-0.25, -0.2) is 0 Å². The van der Waals surface area contributed by atoms with Crippen molar-refractivity contribution in [3.63, 3.8) is 0 Å². The molecule has 27 heavy (non-hydrogen) atoms. The van der Waals surface area contributed by atoms with E-state index in [9.17, 15) is 9.90 Å². The Morgan fingerprint density at radius 2 is 1.81 bits per heavy atom. The SMILES string of the molecule is O=C1NCc2cc(CC(O)CN3CCN(c4ccc(Br)cc4)CC3)ccc21. The fourth-order valence-electron chi connectivity index (χ4n) is 3.89. The largest absolute Gasteiger partial charge is 0.391 e. The molecule has 1 unspecified atom stereocenters. The molecule has 0 bridgehead atoms. The van der Waals surface area contributed by atoms with Crippen LogP contribution in [0.1, 0.15) is 21.5 Å². The first-order valence-electron chi connectivity index (χ1n) is 9.39. The maximum absolute atomic E-state index is 11.6. The van der Waals surface area contributed by atoms with Gasteiger partial charge < -0.3 is 15.3 Å². The number of anilines is 1. The molecule has 0 aliphatic carbocycles. The van der Waals surface area contributed by atoms with E-state index in [0.717, 1.165) is 47.3 Å². The fraction of sp³-hybridized carbons (Fsp3) is 0.381. The predicted octanol–water partition coefficient (Wildman–Crippen LogP) is 2.42. The summed E-state index contributed by atoms with van der Waals surface area (Å²) >= 11 is 3.48. The first-order chi connectivity index (χ1) is 13.1. The number of hydrogen-bond acceptors (Lipinski definition) is 4. The molecule has 0 aromatic heterocycles. The van der Waals surface area contributed by atoms with Gasteiger partial charge in [-0.15, -0.1) is 0 Å². The number of rotatable bonds is 5. The van der Waals surface area contributed by atoms with Crippen LogP contribution >= 0.6 is 15.9 Å². The number of aliphatic hydroxyl groups excluding tert-OH is 1. The van der Waals surface area contributed by atoms with Crippen molar-refractivity contribution in [1.82, 2.24) is 10.2 Å². The van der Waals surface area contributed by atoms with Crippen LogP contribution in [0.15, 0.2) is 46.9 Å². The summed E-state index contributed by atoms with van der Waals surface area (Å²) in [5.41, 5.74) is 4.14. The number of piperazine rings is 1. The van der Waals surface area contributed by atoms with Crippen LogP contribution in [0.4, 0.5) is 5.69 Å². The second-order valence-electron chi connectivity index (χ2n) is 7.30. The molecule has 0 spiro atoms. The Morgan fingerprint density at radius 1 is 1.07 bits per heavy atom. The number of hydrogen-bond donors (Lipinski definition) is 2. The van der Waals surface area contributed by atoms with Crippen molar-refractivity contribution >= 4 is 27.5 Å². The van der Waals surface area contributed by atoms with E-state index < -0.39 is 6.10 Å². The molecule has 2 heterocycles. The number of amides is 1. The van der Waals surface area contributed by atoms with Crippen LogP contribution in [0.2, 0.25) is 0 Å². The molecule has 2 aromatic rings. The van der Waals surface area contributed by atoms with Gasteiger partial charge in [0.2, 0.25) is 0 Å². The van der Waals surface area contributed by atoms with E-state index in [4.69, 9.17) is 0 Å². The van der Waals surface area contributed by atoms with E-state index in [2.05, 4.69) is 55.3 Å². The molecule has 2 aromatic carbocycles. The predicted molar refractivity (Wildman–Crippen MR) is 110 cm³/mol. The standard InChI is InChI=1S/C21H24BrN3O2/c22-17-2-4-18(5-3-17)25-9-7-24(8-10-25)14-19(26)12-15-1-6-20-16(11-15)13-23-21(20)27/h1-6,11,19,26H,7-10,12-14H2,(H,23,27). The quantitative estimate of drug-likeness (QED) is 0.765. The van der Waals surface area contributed by atoms with E-state index in [1.54, 1.807) is 0 Å². The van der Waals surface area contributed by atoms with Crippen molar-refractivity contribution in [3.05, 3.63) is 63.6 Å². The summed E-state index contributed by atoms with van der Waals surface area (Å²) in [5, 5.41) is 13.4. The van der Waals surface area contributed by atoms with Gasteiger partial charge in [-0.05, 0) is 47.9 Å². The highest BCUT2D eigenvalue weighted by Crippen LogP contribution is 2.21. The van der Waals surface area contributed by atoms with Gasteiger partial charge in [-0.2, -0.15) is 0 Å². The third-order valence-corrected chi connectivity index (χ3v) is 5.89. The first kappa shape index (κ1) is 18.5. The van der Waals surface area contributed by atoms with Gasteiger partial charge >= 0.3 is 0 Å². The molecule has 2 aliphatic rings. The maximum Gasteiger partial charge on any atom is 0.251 e. The number of benzene rings is 2. The summed E-state index contributed by atoms with van der Waals surface area (Å²) in [6.45, 7) is 5.13. The molecule has 1 atom stereocenters. The van der Waals surface area contributed by atoms with E-state index in [0.29, 0.717) is 19.5 Å². The van der Waals surface area contributed by atoms with Crippen molar-refractivity contribution in [3.8, 4) is 0 Å². The van der Waals surface area contributed by atoms with Crippen LogP contribution in [-0.2, 0) is 13.0 Å². The average Bonchev–Trinajstić information content (AvgIpc) is 3.03. The van der Waals surface area contributed by atoms with Gasteiger partial charge in [-0.3, -0.25) is 9.69 Å². The molecule has 1 amide bonds. The summed E-state index contributed by atoms with van der Waals surface area (Å²) in [4.78, 5) is 16.4. The number of aliphatic hydroxyl groups is 1. The summed E-state index contributed by atoms with van der Waals surface area (Å²) < 4.78 is 1.10. The Morgan fingerprint density at radius 3 is 2.56 bits per heavy atom. The Balaban J connectivity index is 1.28. The lowest BCUT2D eigenvalue weighted by atomic mass is 10.0. The summed E-state index contributed by atoms with van der Waals surface area (Å²) in [7, 11) is 0. The lowest BCUT2D eigenvalue weighted by Gasteiger charge is -2.37. The molecule has 2 N–H and O–H groups in total. The minimum Gasteiger partial charge on any atom is -0.391 e. The smallest absolute Gasteiger partial charge is 0.251 e. The molecule has 1 saturated heterocycles. The number of β-amino-alcohol motifs (C(OH)–C–C–N with tert-alkyl or cyclic N) is 1. The van der Waals surface area contributed by atoms with Crippen LogP contribution in [0.3, 0.4) is 0 Å². The Bertz CT molecular complexity index is 817. The average molecular weight is 430 g/mol. The number of carbonyl (C=O) groups is 1. The molecule has 142 valence electrons.